The summed E-state index contributed by atoms with van der Waals surface area (Å²) < 4.78 is 13.5. The van der Waals surface area contributed by atoms with E-state index in [-0.39, 0.29) is 23.7 Å². The van der Waals surface area contributed by atoms with Crippen LogP contribution in [0.5, 0.6) is 0 Å². The van der Waals surface area contributed by atoms with Gasteiger partial charge in [-0.05, 0) is 37.0 Å². The number of hydrogen-bond donors (Lipinski definition) is 1. The number of rotatable bonds is 6. The van der Waals surface area contributed by atoms with E-state index in [0.29, 0.717) is 18.9 Å². The Balaban J connectivity index is 1.85. The van der Waals surface area contributed by atoms with Gasteiger partial charge in [-0.25, -0.2) is 4.39 Å². The molecule has 4 nitrogen and oxygen atoms in total. The molecule has 2 aliphatic rings. The topological polar surface area (TPSA) is 57.6 Å². The second-order valence-electron chi connectivity index (χ2n) is 6.85. The zero-order chi connectivity index (χ0) is 16.6. The van der Waals surface area contributed by atoms with Gasteiger partial charge in [0.25, 0.3) is 0 Å². The molecule has 1 aromatic rings. The molecular formula is C18H22FNO3. The molecule has 0 amide bonds. The molecule has 1 saturated carbocycles. The van der Waals surface area contributed by atoms with Crippen LogP contribution in [0, 0.1) is 17.7 Å². The van der Waals surface area contributed by atoms with E-state index in [1.807, 2.05) is 17.9 Å². The van der Waals surface area contributed by atoms with Crippen molar-refractivity contribution in [1.82, 2.24) is 4.90 Å². The van der Waals surface area contributed by atoms with Crippen molar-refractivity contribution in [3.63, 3.8) is 0 Å². The minimum absolute atomic E-state index is 0.152. The molecule has 4 atom stereocenters. The number of hydrogen-bond acceptors (Lipinski definition) is 3. The molecule has 1 saturated heterocycles. The molecule has 2 fully saturated rings. The van der Waals surface area contributed by atoms with Crippen molar-refractivity contribution < 1.29 is 19.1 Å². The average Bonchev–Trinajstić information content (AvgIpc) is 3.27. The zero-order valence-electron chi connectivity index (χ0n) is 13.2. The molecule has 0 spiro atoms. The van der Waals surface area contributed by atoms with E-state index in [4.69, 9.17) is 0 Å². The van der Waals surface area contributed by atoms with Gasteiger partial charge in [0.2, 0.25) is 0 Å². The Kier molecular flexibility index (Phi) is 4.48. The predicted molar refractivity (Wildman–Crippen MR) is 83.6 cm³/mol. The van der Waals surface area contributed by atoms with Crippen LogP contribution in [0.2, 0.25) is 0 Å². The third-order valence-corrected chi connectivity index (χ3v) is 5.33. The molecule has 3 rings (SSSR count). The van der Waals surface area contributed by atoms with E-state index in [1.165, 1.54) is 12.1 Å². The lowest BCUT2D eigenvalue weighted by atomic mass is 9.87. The van der Waals surface area contributed by atoms with Crippen LogP contribution in [0.3, 0.4) is 0 Å². The highest BCUT2D eigenvalue weighted by Crippen LogP contribution is 2.41. The van der Waals surface area contributed by atoms with Gasteiger partial charge >= 0.3 is 5.97 Å². The number of likely N-dealkylation sites (tertiary alicyclic amines) is 1. The maximum Gasteiger partial charge on any atom is 0.320 e. The van der Waals surface area contributed by atoms with E-state index < -0.39 is 12.0 Å². The van der Waals surface area contributed by atoms with Crippen LogP contribution in [-0.2, 0) is 9.59 Å². The number of carbonyl (C=O) groups excluding carboxylic acids is 1. The molecule has 1 aromatic carbocycles. The van der Waals surface area contributed by atoms with Crippen molar-refractivity contribution in [2.24, 2.45) is 11.8 Å². The highest BCUT2D eigenvalue weighted by Gasteiger charge is 2.45. The minimum Gasteiger partial charge on any atom is -0.480 e. The summed E-state index contributed by atoms with van der Waals surface area (Å²) in [4.78, 5) is 25.2. The summed E-state index contributed by atoms with van der Waals surface area (Å²) in [5, 5.41) is 9.60. The standard InChI is InChI=1S/C18H22FNO3/c1-11-16(10-21)15(13-3-2-4-14(19)8-13)9-20(11)17(18(22)23)7-12-5-6-12/h2-4,8,10-12,15-17H,5-7,9H2,1H3,(H,22,23). The van der Waals surface area contributed by atoms with Gasteiger partial charge in [-0.1, -0.05) is 25.0 Å². The summed E-state index contributed by atoms with van der Waals surface area (Å²) in [6.45, 7) is 2.39. The van der Waals surface area contributed by atoms with E-state index >= 15 is 0 Å². The fraction of sp³-hybridized carbons (Fsp3) is 0.556. The molecule has 124 valence electrons. The maximum atomic E-state index is 13.5. The Morgan fingerprint density at radius 2 is 2.22 bits per heavy atom. The molecule has 1 heterocycles. The van der Waals surface area contributed by atoms with E-state index in [9.17, 15) is 19.1 Å². The van der Waals surface area contributed by atoms with Gasteiger partial charge < -0.3 is 9.90 Å². The Labute approximate surface area is 135 Å². The quantitative estimate of drug-likeness (QED) is 0.819. The van der Waals surface area contributed by atoms with E-state index in [2.05, 4.69) is 0 Å². The molecule has 0 radical (unpaired) electrons. The van der Waals surface area contributed by atoms with Crippen molar-refractivity contribution in [1.29, 1.82) is 0 Å². The molecule has 5 heteroatoms. The summed E-state index contributed by atoms with van der Waals surface area (Å²) in [6, 6.07) is 5.58. The van der Waals surface area contributed by atoms with Gasteiger partial charge in [0.15, 0.2) is 0 Å². The second kappa shape index (κ2) is 6.40. The van der Waals surface area contributed by atoms with Crippen LogP contribution < -0.4 is 0 Å². The molecule has 23 heavy (non-hydrogen) atoms. The third-order valence-electron chi connectivity index (χ3n) is 5.33. The molecule has 4 unspecified atom stereocenters. The summed E-state index contributed by atoms with van der Waals surface area (Å²) >= 11 is 0. The van der Waals surface area contributed by atoms with Crippen LogP contribution in [-0.4, -0.2) is 40.9 Å². The number of benzene rings is 1. The number of aliphatic carboxylic acids is 1. The predicted octanol–water partition coefficient (Wildman–Crippen LogP) is 2.68. The van der Waals surface area contributed by atoms with Crippen LogP contribution in [0.25, 0.3) is 0 Å². The van der Waals surface area contributed by atoms with Crippen molar-refractivity contribution in [3.05, 3.63) is 35.6 Å². The van der Waals surface area contributed by atoms with Crippen molar-refractivity contribution in [3.8, 4) is 0 Å². The summed E-state index contributed by atoms with van der Waals surface area (Å²) in [5.41, 5.74) is 0.770. The lowest BCUT2D eigenvalue weighted by molar-refractivity contribution is -0.144. The van der Waals surface area contributed by atoms with Gasteiger partial charge in [0.1, 0.15) is 18.1 Å². The highest BCUT2D eigenvalue weighted by atomic mass is 19.1. The Morgan fingerprint density at radius 1 is 1.48 bits per heavy atom. The molecule has 1 aliphatic heterocycles. The van der Waals surface area contributed by atoms with Crippen LogP contribution >= 0.6 is 0 Å². The number of aldehydes is 1. The van der Waals surface area contributed by atoms with Gasteiger partial charge in [0.05, 0.1) is 0 Å². The summed E-state index contributed by atoms with van der Waals surface area (Å²) in [7, 11) is 0. The largest absolute Gasteiger partial charge is 0.480 e. The summed E-state index contributed by atoms with van der Waals surface area (Å²) in [5.74, 6) is -1.12. The van der Waals surface area contributed by atoms with Crippen LogP contribution in [0.4, 0.5) is 4.39 Å². The Hall–Kier alpha value is -1.75. The first-order valence-corrected chi connectivity index (χ1v) is 8.20. The van der Waals surface area contributed by atoms with Crippen molar-refractivity contribution in [2.75, 3.05) is 6.54 Å². The first-order valence-electron chi connectivity index (χ1n) is 8.20. The molecule has 0 aromatic heterocycles. The lowest BCUT2D eigenvalue weighted by Gasteiger charge is -2.29. The minimum atomic E-state index is -0.826. The monoisotopic (exact) mass is 319 g/mol. The Morgan fingerprint density at radius 3 is 2.78 bits per heavy atom. The lowest BCUT2D eigenvalue weighted by Crippen LogP contribution is -2.44. The molecule has 0 bridgehead atoms. The SMILES string of the molecule is CC1C(C=O)C(c2cccc(F)c2)CN1C(CC1CC1)C(=O)O. The van der Waals surface area contributed by atoms with Crippen molar-refractivity contribution >= 4 is 12.3 Å². The third kappa shape index (κ3) is 3.29. The van der Waals surface area contributed by atoms with Crippen molar-refractivity contribution in [2.45, 2.75) is 44.2 Å². The number of carboxylic acid groups (broad SMARTS) is 1. The van der Waals surface area contributed by atoms with Crippen LogP contribution in [0.15, 0.2) is 24.3 Å². The average molecular weight is 319 g/mol. The fourth-order valence-electron chi connectivity index (χ4n) is 3.80. The first-order chi connectivity index (χ1) is 11.0. The number of nitrogens with zero attached hydrogens (tertiary/aromatic N) is 1. The number of carboxylic acids is 1. The van der Waals surface area contributed by atoms with Gasteiger partial charge in [-0.2, -0.15) is 0 Å². The zero-order valence-corrected chi connectivity index (χ0v) is 13.2. The van der Waals surface area contributed by atoms with Gasteiger partial charge in [0, 0.05) is 24.4 Å². The number of carbonyl (C=O) groups is 2. The highest BCUT2D eigenvalue weighted by molar-refractivity contribution is 5.74. The van der Waals surface area contributed by atoms with Gasteiger partial charge in [-0.3, -0.25) is 9.69 Å². The first kappa shape index (κ1) is 16.1. The molecular weight excluding hydrogens is 297 g/mol. The molecule has 1 aliphatic carbocycles. The normalized spacial score (nSPS) is 29.4. The van der Waals surface area contributed by atoms with E-state index in [1.54, 1.807) is 6.07 Å². The smallest absolute Gasteiger partial charge is 0.320 e. The second-order valence-corrected chi connectivity index (χ2v) is 6.85. The maximum absolute atomic E-state index is 13.5. The summed E-state index contributed by atoms with van der Waals surface area (Å²) in [6.07, 6.45) is 3.73. The number of halogens is 1. The Bertz CT molecular complexity index is 602. The molecule has 1 N–H and O–H groups in total. The van der Waals surface area contributed by atoms with Crippen LogP contribution in [0.1, 0.15) is 37.7 Å². The van der Waals surface area contributed by atoms with E-state index in [0.717, 1.165) is 24.7 Å². The fourth-order valence-corrected chi connectivity index (χ4v) is 3.80. The van der Waals surface area contributed by atoms with Gasteiger partial charge in [-0.15, -0.1) is 0 Å².